The molecule has 7 heteroatoms. The topological polar surface area (TPSA) is 76.6 Å². The fourth-order valence-electron chi connectivity index (χ4n) is 3.01. The van der Waals surface area contributed by atoms with E-state index in [1.807, 2.05) is 25.1 Å². The number of carbonyl (C=O) groups excluding carboxylic acids is 1. The summed E-state index contributed by atoms with van der Waals surface area (Å²) in [6.07, 6.45) is 1.70. The van der Waals surface area contributed by atoms with Gasteiger partial charge in [0.05, 0.1) is 36.9 Å². The number of aliphatic imine (C=N–C) groups is 1. The van der Waals surface area contributed by atoms with Crippen LogP contribution in [-0.2, 0) is 4.74 Å². The number of carbonyl (C=O) groups is 1. The molecule has 2 aromatic heterocycles. The van der Waals surface area contributed by atoms with Crippen LogP contribution in [0.25, 0.3) is 11.0 Å². The van der Waals surface area contributed by atoms with Crippen molar-refractivity contribution in [2.75, 3.05) is 14.2 Å². The van der Waals surface area contributed by atoms with Crippen LogP contribution in [0.2, 0.25) is 0 Å². The van der Waals surface area contributed by atoms with Crippen LogP contribution in [0.3, 0.4) is 0 Å². The van der Waals surface area contributed by atoms with Crippen molar-refractivity contribution in [3.8, 4) is 5.75 Å². The number of methoxy groups -OCH3 is 2. The molecule has 0 aliphatic heterocycles. The number of nitrogens with zero attached hydrogens (tertiary/aromatic N) is 2. The maximum absolute atomic E-state index is 12.0. The number of hydrogen-bond acceptors (Lipinski definition) is 5. The first-order valence-electron chi connectivity index (χ1n) is 8.97. The van der Waals surface area contributed by atoms with E-state index >= 15 is 0 Å². The van der Waals surface area contributed by atoms with Crippen LogP contribution in [0.4, 0.5) is 5.69 Å². The molecule has 0 saturated carbocycles. The lowest BCUT2D eigenvalue weighted by Gasteiger charge is -2.11. The zero-order chi connectivity index (χ0) is 20.3. The lowest BCUT2D eigenvalue weighted by atomic mass is 10.1. The number of aromatic nitrogens is 2. The Labute approximate surface area is 172 Å². The van der Waals surface area contributed by atoms with E-state index in [2.05, 4.69) is 32.8 Å². The van der Waals surface area contributed by atoms with Crippen molar-refractivity contribution >= 4 is 44.3 Å². The first kappa shape index (κ1) is 20.1. The van der Waals surface area contributed by atoms with E-state index in [-0.39, 0.29) is 0 Å². The molecule has 0 radical (unpaired) electrons. The highest BCUT2D eigenvalue weighted by molar-refractivity contribution is 9.10. The van der Waals surface area contributed by atoms with Crippen LogP contribution >= 0.6 is 15.9 Å². The number of aromatic amines is 1. The van der Waals surface area contributed by atoms with Crippen molar-refractivity contribution in [3.05, 3.63) is 51.8 Å². The minimum Gasteiger partial charge on any atom is -0.496 e. The summed E-state index contributed by atoms with van der Waals surface area (Å²) in [5.74, 6) is 0.172. The lowest BCUT2D eigenvalue weighted by molar-refractivity contribution is 0.0600. The van der Waals surface area contributed by atoms with E-state index in [1.165, 1.54) is 7.11 Å². The zero-order valence-electron chi connectivity index (χ0n) is 16.3. The summed E-state index contributed by atoms with van der Waals surface area (Å²) in [5, 5.41) is 1.01. The van der Waals surface area contributed by atoms with Gasteiger partial charge in [0, 0.05) is 10.9 Å². The van der Waals surface area contributed by atoms with Crippen LogP contribution in [0.5, 0.6) is 5.75 Å². The molecule has 1 N–H and O–H groups in total. The number of rotatable bonds is 6. The average molecular weight is 444 g/mol. The molecule has 0 bridgehead atoms. The van der Waals surface area contributed by atoms with Crippen LogP contribution < -0.4 is 4.74 Å². The summed E-state index contributed by atoms with van der Waals surface area (Å²) in [6, 6.07) is 9.36. The molecule has 28 heavy (non-hydrogen) atoms. The van der Waals surface area contributed by atoms with Crippen molar-refractivity contribution in [2.24, 2.45) is 4.99 Å². The monoisotopic (exact) mass is 443 g/mol. The number of esters is 1. The highest BCUT2D eigenvalue weighted by atomic mass is 79.9. The zero-order valence-corrected chi connectivity index (χ0v) is 17.9. The van der Waals surface area contributed by atoms with E-state index in [9.17, 15) is 4.79 Å². The smallest absolute Gasteiger partial charge is 0.338 e. The summed E-state index contributed by atoms with van der Waals surface area (Å²) in [5.41, 5.74) is 4.54. The summed E-state index contributed by atoms with van der Waals surface area (Å²) in [4.78, 5) is 24.7. The molecule has 0 saturated heterocycles. The minimum absolute atomic E-state index is 0.404. The number of fused-ring (bicyclic) bond motifs is 1. The fourth-order valence-corrected chi connectivity index (χ4v) is 3.32. The van der Waals surface area contributed by atoms with Crippen molar-refractivity contribution in [3.63, 3.8) is 0 Å². The number of hydrogen-bond donors (Lipinski definition) is 1. The first-order chi connectivity index (χ1) is 13.5. The predicted octanol–water partition coefficient (Wildman–Crippen LogP) is 5.35. The van der Waals surface area contributed by atoms with E-state index in [1.54, 1.807) is 19.2 Å². The van der Waals surface area contributed by atoms with E-state index in [0.29, 0.717) is 17.0 Å². The quantitative estimate of drug-likeness (QED) is 0.316. The Hall–Kier alpha value is -2.67. The van der Waals surface area contributed by atoms with E-state index in [0.717, 1.165) is 45.4 Å². The Kier molecular flexibility index (Phi) is 6.14. The summed E-state index contributed by atoms with van der Waals surface area (Å²) >= 11 is 3.40. The van der Waals surface area contributed by atoms with Crippen molar-refractivity contribution in [1.82, 2.24) is 9.97 Å². The molecule has 0 aliphatic rings. The standard InChI is InChI=1S/C21H22BrN3O3/c1-5-6-15(17-9-13-7-8-19(22)25-20(13)24-17)23-16-10-14(21(26)28-4)11-18(27-3)12(16)2/h7-11H,5-6H2,1-4H3,(H,24,25)/b23-15+. The van der Waals surface area contributed by atoms with Gasteiger partial charge in [0.15, 0.2) is 0 Å². The number of H-pyrrole nitrogens is 1. The third-order valence-electron chi connectivity index (χ3n) is 4.47. The Morgan fingerprint density at radius 3 is 2.71 bits per heavy atom. The third kappa shape index (κ3) is 4.09. The fraction of sp³-hybridized carbons (Fsp3) is 0.286. The molecule has 146 valence electrons. The predicted molar refractivity (Wildman–Crippen MR) is 114 cm³/mol. The largest absolute Gasteiger partial charge is 0.496 e. The molecule has 0 spiro atoms. The van der Waals surface area contributed by atoms with Gasteiger partial charge in [-0.3, -0.25) is 4.99 Å². The second-order valence-electron chi connectivity index (χ2n) is 6.38. The number of benzene rings is 1. The van der Waals surface area contributed by atoms with Gasteiger partial charge in [-0.2, -0.15) is 0 Å². The van der Waals surface area contributed by atoms with E-state index < -0.39 is 5.97 Å². The Morgan fingerprint density at radius 2 is 2.04 bits per heavy atom. The second kappa shape index (κ2) is 8.56. The van der Waals surface area contributed by atoms with Gasteiger partial charge < -0.3 is 14.5 Å². The molecular formula is C21H22BrN3O3. The lowest BCUT2D eigenvalue weighted by Crippen LogP contribution is -2.04. The SMILES string of the molecule is CCC/C(=N\c1cc(C(=O)OC)cc(OC)c1C)c1cc2ccc(Br)nc2[nH]1. The third-order valence-corrected chi connectivity index (χ3v) is 4.91. The molecule has 3 rings (SSSR count). The summed E-state index contributed by atoms with van der Waals surface area (Å²) in [7, 11) is 2.93. The van der Waals surface area contributed by atoms with Gasteiger partial charge >= 0.3 is 5.97 Å². The van der Waals surface area contributed by atoms with Gasteiger partial charge in [-0.15, -0.1) is 0 Å². The maximum atomic E-state index is 12.0. The molecule has 0 unspecified atom stereocenters. The van der Waals surface area contributed by atoms with Gasteiger partial charge in [0.25, 0.3) is 0 Å². The molecule has 2 heterocycles. The summed E-state index contributed by atoms with van der Waals surface area (Å²) in [6.45, 7) is 4.03. The minimum atomic E-state index is -0.425. The van der Waals surface area contributed by atoms with Crippen LogP contribution in [-0.4, -0.2) is 35.9 Å². The molecular weight excluding hydrogens is 422 g/mol. The molecule has 0 fully saturated rings. The number of nitrogens with one attached hydrogen (secondary N) is 1. The number of halogens is 1. The van der Waals surface area contributed by atoms with Gasteiger partial charge in [0.1, 0.15) is 16.0 Å². The highest BCUT2D eigenvalue weighted by Gasteiger charge is 2.15. The van der Waals surface area contributed by atoms with Crippen molar-refractivity contribution in [1.29, 1.82) is 0 Å². The van der Waals surface area contributed by atoms with Crippen molar-refractivity contribution < 1.29 is 14.3 Å². The Balaban J connectivity index is 2.14. The molecule has 0 amide bonds. The average Bonchev–Trinajstić information content (AvgIpc) is 3.11. The van der Waals surface area contributed by atoms with Crippen LogP contribution in [0, 0.1) is 6.92 Å². The Morgan fingerprint density at radius 1 is 1.25 bits per heavy atom. The molecule has 0 atom stereocenters. The molecule has 0 aliphatic carbocycles. The molecule has 6 nitrogen and oxygen atoms in total. The van der Waals surface area contributed by atoms with Crippen LogP contribution in [0.1, 0.15) is 41.4 Å². The second-order valence-corrected chi connectivity index (χ2v) is 7.19. The Bertz CT molecular complexity index is 1060. The summed E-state index contributed by atoms with van der Waals surface area (Å²) < 4.78 is 11.1. The number of ether oxygens (including phenoxy) is 2. The van der Waals surface area contributed by atoms with Gasteiger partial charge in [-0.25, -0.2) is 9.78 Å². The van der Waals surface area contributed by atoms with Gasteiger partial charge in [-0.05, 0) is 59.6 Å². The normalized spacial score (nSPS) is 11.7. The van der Waals surface area contributed by atoms with Crippen molar-refractivity contribution in [2.45, 2.75) is 26.7 Å². The highest BCUT2D eigenvalue weighted by Crippen LogP contribution is 2.31. The van der Waals surface area contributed by atoms with Gasteiger partial charge in [-0.1, -0.05) is 13.3 Å². The van der Waals surface area contributed by atoms with Crippen LogP contribution in [0.15, 0.2) is 39.9 Å². The number of pyridine rings is 1. The molecule has 3 aromatic rings. The van der Waals surface area contributed by atoms with Gasteiger partial charge in [0.2, 0.25) is 0 Å². The maximum Gasteiger partial charge on any atom is 0.338 e. The molecule has 1 aromatic carbocycles. The van der Waals surface area contributed by atoms with E-state index in [4.69, 9.17) is 14.5 Å². The first-order valence-corrected chi connectivity index (χ1v) is 9.76.